The number of oxazole rings is 1. The number of hydrogen-bond donors (Lipinski definition) is 0. The molecule has 0 aliphatic heterocycles. The number of nitro benzene ring substituents is 1. The van der Waals surface area contributed by atoms with Crippen LogP contribution in [-0.2, 0) is 16.1 Å². The first-order valence-electron chi connectivity index (χ1n) is 8.17. The van der Waals surface area contributed by atoms with E-state index < -0.39 is 10.9 Å². The van der Waals surface area contributed by atoms with Crippen molar-refractivity contribution in [2.24, 2.45) is 0 Å². The highest BCUT2D eigenvalue weighted by Gasteiger charge is 2.16. The van der Waals surface area contributed by atoms with Crippen LogP contribution in [0.15, 0.2) is 59.2 Å². The van der Waals surface area contributed by atoms with Gasteiger partial charge in [0.25, 0.3) is 0 Å². The molecule has 0 atom stereocenters. The third kappa shape index (κ3) is 4.64. The summed E-state index contributed by atoms with van der Waals surface area (Å²) in [5.41, 5.74) is 1.08. The average molecular weight is 384 g/mol. The van der Waals surface area contributed by atoms with Gasteiger partial charge >= 0.3 is 11.7 Å². The summed E-state index contributed by atoms with van der Waals surface area (Å²) in [7, 11) is 1.31. The molecule has 0 radical (unpaired) electrons. The largest absolute Gasteiger partial charge is 0.490 e. The Kier molecular flexibility index (Phi) is 5.85. The maximum Gasteiger partial charge on any atom is 0.344 e. The van der Waals surface area contributed by atoms with Gasteiger partial charge in [-0.1, -0.05) is 18.2 Å². The molecule has 0 saturated carbocycles. The smallest absolute Gasteiger partial charge is 0.344 e. The summed E-state index contributed by atoms with van der Waals surface area (Å²) in [6.45, 7) is -0.438. The Hall–Kier alpha value is -3.88. The molecule has 144 valence electrons. The first-order chi connectivity index (χ1) is 13.6. The summed E-state index contributed by atoms with van der Waals surface area (Å²) in [6, 6.07) is 13.3. The minimum atomic E-state index is -0.624. The SMILES string of the molecule is COc1cc(OCC(=O)OCc2coc(-c3ccccc3)n2)ccc1[N+](=O)[O-]. The highest BCUT2D eigenvalue weighted by Crippen LogP contribution is 2.30. The fourth-order valence-corrected chi connectivity index (χ4v) is 2.32. The molecule has 28 heavy (non-hydrogen) atoms. The zero-order valence-corrected chi connectivity index (χ0v) is 14.9. The minimum Gasteiger partial charge on any atom is -0.490 e. The minimum absolute atomic E-state index is 0.0342. The van der Waals surface area contributed by atoms with E-state index in [1.165, 1.54) is 31.6 Å². The van der Waals surface area contributed by atoms with E-state index in [2.05, 4.69) is 4.98 Å². The maximum atomic E-state index is 11.9. The number of aromatic nitrogens is 1. The average Bonchev–Trinajstić information content (AvgIpc) is 3.20. The topological polar surface area (TPSA) is 114 Å². The van der Waals surface area contributed by atoms with E-state index >= 15 is 0 Å². The summed E-state index contributed by atoms with van der Waals surface area (Å²) in [6.07, 6.45) is 1.41. The lowest BCUT2D eigenvalue weighted by molar-refractivity contribution is -0.385. The van der Waals surface area contributed by atoms with E-state index in [4.69, 9.17) is 18.6 Å². The lowest BCUT2D eigenvalue weighted by Gasteiger charge is -2.08. The van der Waals surface area contributed by atoms with Gasteiger partial charge in [0.15, 0.2) is 6.61 Å². The number of nitrogens with zero attached hydrogens (tertiary/aromatic N) is 2. The molecule has 0 unspecified atom stereocenters. The molecular formula is C19H16N2O7. The predicted molar refractivity (Wildman–Crippen MR) is 96.9 cm³/mol. The Morgan fingerprint density at radius 1 is 1.21 bits per heavy atom. The Balaban J connectivity index is 1.51. The first-order valence-corrected chi connectivity index (χ1v) is 8.17. The van der Waals surface area contributed by atoms with Crippen molar-refractivity contribution in [2.75, 3.05) is 13.7 Å². The fourth-order valence-electron chi connectivity index (χ4n) is 2.32. The molecule has 9 nitrogen and oxygen atoms in total. The number of esters is 1. The number of ether oxygens (including phenoxy) is 3. The Labute approximate surface area is 159 Å². The van der Waals surface area contributed by atoms with Crippen LogP contribution >= 0.6 is 0 Å². The van der Waals surface area contributed by atoms with Crippen molar-refractivity contribution in [3.05, 3.63) is 70.6 Å². The van der Waals surface area contributed by atoms with Crippen LogP contribution in [0.5, 0.6) is 11.5 Å². The maximum absolute atomic E-state index is 11.9. The summed E-state index contributed by atoms with van der Waals surface area (Å²) in [5.74, 6) is 0.0848. The third-order valence-corrected chi connectivity index (χ3v) is 3.66. The van der Waals surface area contributed by atoms with Crippen LogP contribution in [0, 0.1) is 10.1 Å². The van der Waals surface area contributed by atoms with Crippen molar-refractivity contribution < 1.29 is 28.3 Å². The van der Waals surface area contributed by atoms with Gasteiger partial charge in [-0.25, -0.2) is 9.78 Å². The molecule has 9 heteroatoms. The van der Waals surface area contributed by atoms with Crippen molar-refractivity contribution in [1.29, 1.82) is 0 Å². The Morgan fingerprint density at radius 3 is 2.71 bits per heavy atom. The number of rotatable bonds is 8. The molecule has 0 bridgehead atoms. The molecule has 1 aromatic heterocycles. The highest BCUT2D eigenvalue weighted by molar-refractivity contribution is 5.71. The lowest BCUT2D eigenvalue weighted by Crippen LogP contribution is -2.15. The normalized spacial score (nSPS) is 10.3. The molecule has 0 aliphatic carbocycles. The van der Waals surface area contributed by atoms with Crippen LogP contribution in [0.1, 0.15) is 5.69 Å². The van der Waals surface area contributed by atoms with Crippen LogP contribution in [0.4, 0.5) is 5.69 Å². The van der Waals surface area contributed by atoms with Crippen LogP contribution in [0.3, 0.4) is 0 Å². The first kappa shape index (κ1) is 18.9. The highest BCUT2D eigenvalue weighted by atomic mass is 16.6. The second kappa shape index (κ2) is 8.67. The Bertz CT molecular complexity index is 969. The zero-order chi connectivity index (χ0) is 19.9. The number of carbonyl (C=O) groups excluding carboxylic acids is 1. The zero-order valence-electron chi connectivity index (χ0n) is 14.9. The van der Waals surface area contributed by atoms with E-state index in [0.717, 1.165) is 5.56 Å². The van der Waals surface area contributed by atoms with Crippen LogP contribution in [-0.4, -0.2) is 29.6 Å². The lowest BCUT2D eigenvalue weighted by atomic mass is 10.2. The second-order valence-corrected chi connectivity index (χ2v) is 5.55. The summed E-state index contributed by atoms with van der Waals surface area (Å²) < 4.78 is 20.7. The molecule has 2 aromatic carbocycles. The summed E-state index contributed by atoms with van der Waals surface area (Å²) in [4.78, 5) is 26.4. The Morgan fingerprint density at radius 2 is 2.00 bits per heavy atom. The van der Waals surface area contributed by atoms with Gasteiger partial charge in [0.2, 0.25) is 11.6 Å². The summed E-state index contributed by atoms with van der Waals surface area (Å²) in [5, 5.41) is 10.9. The molecular weight excluding hydrogens is 368 g/mol. The fraction of sp³-hybridized carbons (Fsp3) is 0.158. The summed E-state index contributed by atoms with van der Waals surface area (Å²) >= 11 is 0. The van der Waals surface area contributed by atoms with E-state index in [1.807, 2.05) is 30.3 Å². The molecule has 0 amide bonds. The number of carbonyl (C=O) groups is 1. The van der Waals surface area contributed by atoms with Gasteiger partial charge in [-0.2, -0.15) is 0 Å². The molecule has 3 rings (SSSR count). The molecule has 0 N–H and O–H groups in total. The van der Waals surface area contributed by atoms with E-state index in [1.54, 1.807) is 0 Å². The van der Waals surface area contributed by atoms with Gasteiger partial charge in [-0.15, -0.1) is 0 Å². The predicted octanol–water partition coefficient (Wildman–Crippen LogP) is 3.38. The van der Waals surface area contributed by atoms with Crippen molar-refractivity contribution in [1.82, 2.24) is 4.98 Å². The van der Waals surface area contributed by atoms with Gasteiger partial charge in [0.1, 0.15) is 24.3 Å². The van der Waals surface area contributed by atoms with E-state index in [9.17, 15) is 14.9 Å². The third-order valence-electron chi connectivity index (χ3n) is 3.66. The monoisotopic (exact) mass is 384 g/mol. The van der Waals surface area contributed by atoms with E-state index in [0.29, 0.717) is 11.6 Å². The molecule has 3 aromatic rings. The number of nitro groups is 1. The van der Waals surface area contributed by atoms with Crippen LogP contribution in [0.2, 0.25) is 0 Å². The van der Waals surface area contributed by atoms with Crippen molar-refractivity contribution >= 4 is 11.7 Å². The van der Waals surface area contributed by atoms with Gasteiger partial charge < -0.3 is 18.6 Å². The quantitative estimate of drug-likeness (QED) is 0.330. The number of hydrogen-bond acceptors (Lipinski definition) is 8. The van der Waals surface area contributed by atoms with Gasteiger partial charge in [0.05, 0.1) is 12.0 Å². The second-order valence-electron chi connectivity index (χ2n) is 5.55. The van der Waals surface area contributed by atoms with Crippen molar-refractivity contribution in [3.8, 4) is 23.0 Å². The van der Waals surface area contributed by atoms with Crippen molar-refractivity contribution in [2.45, 2.75) is 6.61 Å². The molecule has 0 saturated heterocycles. The molecule has 1 heterocycles. The molecule has 0 fully saturated rings. The van der Waals surface area contributed by atoms with Crippen LogP contribution < -0.4 is 9.47 Å². The molecule has 0 spiro atoms. The number of methoxy groups -OCH3 is 1. The van der Waals surface area contributed by atoms with Gasteiger partial charge in [0, 0.05) is 17.7 Å². The van der Waals surface area contributed by atoms with Crippen molar-refractivity contribution in [3.63, 3.8) is 0 Å². The van der Waals surface area contributed by atoms with Crippen LogP contribution in [0.25, 0.3) is 11.5 Å². The molecule has 0 aliphatic rings. The van der Waals surface area contributed by atoms with E-state index in [-0.39, 0.29) is 30.4 Å². The van der Waals surface area contributed by atoms with Gasteiger partial charge in [-0.3, -0.25) is 10.1 Å². The standard InChI is InChI=1S/C19H16N2O7/c1-25-17-9-15(7-8-16(17)21(23)24)26-12-18(22)27-10-14-11-28-19(20-14)13-5-3-2-4-6-13/h2-9,11H,10,12H2,1H3. The van der Waals surface area contributed by atoms with Gasteiger partial charge in [-0.05, 0) is 18.2 Å². The number of benzene rings is 2.